The lowest BCUT2D eigenvalue weighted by Crippen LogP contribution is -2.31. The Morgan fingerprint density at radius 2 is 1.96 bits per heavy atom. The normalized spacial score (nSPS) is 18.7. The lowest BCUT2D eigenvalue weighted by molar-refractivity contribution is 0.450. The van der Waals surface area contributed by atoms with Crippen molar-refractivity contribution in [1.82, 2.24) is 0 Å². The van der Waals surface area contributed by atoms with Gasteiger partial charge in [0.2, 0.25) is 5.90 Å². The number of nitriles is 1. The van der Waals surface area contributed by atoms with Gasteiger partial charge >= 0.3 is 0 Å². The van der Waals surface area contributed by atoms with Crippen molar-refractivity contribution in [3.05, 3.63) is 57.8 Å². The molecule has 0 amide bonds. The third kappa shape index (κ3) is 3.19. The molecule has 3 rings (SSSR count). The van der Waals surface area contributed by atoms with E-state index in [2.05, 4.69) is 40.7 Å². The second-order valence-electron chi connectivity index (χ2n) is 6.12. The molecule has 134 valence electrons. The Balaban J connectivity index is 2.13. The van der Waals surface area contributed by atoms with Crippen molar-refractivity contribution < 1.29 is 9.13 Å². The van der Waals surface area contributed by atoms with Crippen LogP contribution >= 0.6 is 15.9 Å². The first-order chi connectivity index (χ1) is 12.5. The van der Waals surface area contributed by atoms with Gasteiger partial charge in [0.15, 0.2) is 0 Å². The minimum Gasteiger partial charge on any atom is -0.442 e. The molecule has 26 heavy (non-hydrogen) atoms. The van der Waals surface area contributed by atoms with E-state index in [9.17, 15) is 9.65 Å². The summed E-state index contributed by atoms with van der Waals surface area (Å²) < 4.78 is 19.7. The molecular formula is C20H19BrFN3O. The van der Waals surface area contributed by atoms with Crippen molar-refractivity contribution in [2.75, 3.05) is 18.0 Å². The van der Waals surface area contributed by atoms with Gasteiger partial charge in [-0.25, -0.2) is 4.39 Å². The Kier molecular flexibility index (Phi) is 5.28. The maximum Gasteiger partial charge on any atom is 0.205 e. The van der Waals surface area contributed by atoms with Crippen LogP contribution in [0.1, 0.15) is 30.9 Å². The van der Waals surface area contributed by atoms with Crippen molar-refractivity contribution in [3.8, 4) is 11.8 Å². The Morgan fingerprint density at radius 3 is 2.58 bits per heavy atom. The fourth-order valence-electron chi connectivity index (χ4n) is 3.38. The number of fused-ring (bicyclic) bond motifs is 1. The van der Waals surface area contributed by atoms with Crippen molar-refractivity contribution in [3.63, 3.8) is 0 Å². The maximum absolute atomic E-state index is 13.7. The molecule has 0 radical (unpaired) electrons. The van der Waals surface area contributed by atoms with E-state index in [0.29, 0.717) is 10.2 Å². The third-order valence-electron chi connectivity index (χ3n) is 4.74. The molecule has 2 aromatic carbocycles. The smallest absolute Gasteiger partial charge is 0.205 e. The summed E-state index contributed by atoms with van der Waals surface area (Å²) in [6.07, 6.45) is 0. The van der Waals surface area contributed by atoms with Crippen LogP contribution in [0.5, 0.6) is 5.75 Å². The van der Waals surface area contributed by atoms with E-state index in [1.807, 2.05) is 18.2 Å². The molecule has 1 N–H and O–H groups in total. The van der Waals surface area contributed by atoms with E-state index in [-0.39, 0.29) is 17.6 Å². The summed E-state index contributed by atoms with van der Waals surface area (Å²) in [6.45, 7) is 5.89. The Labute approximate surface area is 160 Å². The van der Waals surface area contributed by atoms with E-state index in [0.717, 1.165) is 29.9 Å². The average molecular weight is 416 g/mol. The average Bonchev–Trinajstić information content (AvgIpc) is 2.64. The van der Waals surface area contributed by atoms with Crippen molar-refractivity contribution in [1.29, 1.82) is 10.7 Å². The van der Waals surface area contributed by atoms with Gasteiger partial charge in [0, 0.05) is 36.3 Å². The highest BCUT2D eigenvalue weighted by Gasteiger charge is 2.37. The van der Waals surface area contributed by atoms with Gasteiger partial charge in [-0.05, 0) is 53.5 Å². The van der Waals surface area contributed by atoms with Gasteiger partial charge in [0.1, 0.15) is 17.5 Å². The van der Waals surface area contributed by atoms with Crippen molar-refractivity contribution >= 4 is 27.5 Å². The monoisotopic (exact) mass is 415 g/mol. The predicted molar refractivity (Wildman–Crippen MR) is 103 cm³/mol. The van der Waals surface area contributed by atoms with Gasteiger partial charge in [0.25, 0.3) is 0 Å². The molecule has 6 heteroatoms. The number of benzene rings is 2. The fourth-order valence-corrected chi connectivity index (χ4v) is 3.77. The molecule has 2 unspecified atom stereocenters. The summed E-state index contributed by atoms with van der Waals surface area (Å²) in [7, 11) is 0. The van der Waals surface area contributed by atoms with Gasteiger partial charge in [0.05, 0.1) is 10.5 Å². The molecule has 0 saturated heterocycles. The number of rotatable bonds is 4. The highest BCUT2D eigenvalue weighted by molar-refractivity contribution is 9.10. The molecule has 2 atom stereocenters. The van der Waals surface area contributed by atoms with Gasteiger partial charge in [-0.15, -0.1) is 0 Å². The highest BCUT2D eigenvalue weighted by Crippen LogP contribution is 2.44. The molecule has 0 aliphatic carbocycles. The van der Waals surface area contributed by atoms with Crippen LogP contribution in [0.4, 0.5) is 10.1 Å². The van der Waals surface area contributed by atoms with Gasteiger partial charge in [-0.1, -0.05) is 12.1 Å². The highest BCUT2D eigenvalue weighted by atomic mass is 79.9. The SMILES string of the molecule is CCN(CC)c1ccc2c(c1)OC(=N)C(C#N)C2c1ccc(F)c(Br)c1. The van der Waals surface area contributed by atoms with Crippen LogP contribution in [0, 0.1) is 28.5 Å². The van der Waals surface area contributed by atoms with Crippen LogP contribution in [-0.2, 0) is 0 Å². The zero-order valence-corrected chi connectivity index (χ0v) is 16.2. The quantitative estimate of drug-likeness (QED) is 0.757. The number of nitrogens with zero attached hydrogens (tertiary/aromatic N) is 2. The Bertz CT molecular complexity index is 889. The Morgan fingerprint density at radius 1 is 1.23 bits per heavy atom. The van der Waals surface area contributed by atoms with E-state index in [1.165, 1.54) is 6.07 Å². The number of nitrogens with one attached hydrogen (secondary N) is 1. The van der Waals surface area contributed by atoms with Crippen LogP contribution in [0.2, 0.25) is 0 Å². The topological polar surface area (TPSA) is 60.1 Å². The summed E-state index contributed by atoms with van der Waals surface area (Å²) in [6, 6.07) is 12.7. The molecule has 0 fully saturated rings. The zero-order chi connectivity index (χ0) is 18.8. The molecule has 1 aliphatic rings. The standard InChI is InChI=1S/C20H19BrFN3O/c1-3-25(4-2)13-6-7-14-18(10-13)26-20(24)15(11-23)19(14)12-5-8-17(22)16(21)9-12/h5-10,15,19,24H,3-4H2,1-2H3. The number of anilines is 1. The second-order valence-corrected chi connectivity index (χ2v) is 6.97. The summed E-state index contributed by atoms with van der Waals surface area (Å²) in [5.41, 5.74) is 2.62. The second kappa shape index (κ2) is 7.46. The lowest BCUT2D eigenvalue weighted by Gasteiger charge is -2.32. The Hall–Kier alpha value is -2.39. The van der Waals surface area contributed by atoms with Gasteiger partial charge < -0.3 is 9.64 Å². The third-order valence-corrected chi connectivity index (χ3v) is 5.35. The summed E-state index contributed by atoms with van der Waals surface area (Å²) in [4.78, 5) is 2.19. The van der Waals surface area contributed by atoms with E-state index < -0.39 is 5.92 Å². The van der Waals surface area contributed by atoms with E-state index in [1.54, 1.807) is 12.1 Å². The number of ether oxygens (including phenoxy) is 1. The first-order valence-corrected chi connectivity index (χ1v) is 9.29. The van der Waals surface area contributed by atoms with Gasteiger partial charge in [-0.3, -0.25) is 5.41 Å². The lowest BCUT2D eigenvalue weighted by atomic mass is 9.79. The van der Waals surface area contributed by atoms with E-state index in [4.69, 9.17) is 10.1 Å². The van der Waals surface area contributed by atoms with Crippen LogP contribution in [0.25, 0.3) is 0 Å². The molecule has 0 spiro atoms. The van der Waals surface area contributed by atoms with E-state index >= 15 is 0 Å². The molecule has 1 aliphatic heterocycles. The number of halogens is 2. The fraction of sp³-hybridized carbons (Fsp3) is 0.300. The number of hydrogen-bond donors (Lipinski definition) is 1. The molecule has 0 saturated carbocycles. The summed E-state index contributed by atoms with van der Waals surface area (Å²) in [5.74, 6) is -0.988. The minimum absolute atomic E-state index is 0.0813. The molecule has 1 heterocycles. The van der Waals surface area contributed by atoms with Crippen molar-refractivity contribution in [2.24, 2.45) is 5.92 Å². The molecule has 0 bridgehead atoms. The largest absolute Gasteiger partial charge is 0.442 e. The minimum atomic E-state index is -0.751. The van der Waals surface area contributed by atoms with Crippen LogP contribution < -0.4 is 9.64 Å². The van der Waals surface area contributed by atoms with Crippen LogP contribution in [0.3, 0.4) is 0 Å². The summed E-state index contributed by atoms with van der Waals surface area (Å²) >= 11 is 3.21. The molecule has 2 aromatic rings. The van der Waals surface area contributed by atoms with Gasteiger partial charge in [-0.2, -0.15) is 5.26 Å². The predicted octanol–water partition coefficient (Wildman–Crippen LogP) is 5.08. The van der Waals surface area contributed by atoms with Crippen LogP contribution in [0.15, 0.2) is 40.9 Å². The molecule has 4 nitrogen and oxygen atoms in total. The maximum atomic E-state index is 13.7. The number of hydrogen-bond acceptors (Lipinski definition) is 4. The van der Waals surface area contributed by atoms with Crippen molar-refractivity contribution in [2.45, 2.75) is 19.8 Å². The molecular weight excluding hydrogens is 397 g/mol. The first kappa shape index (κ1) is 18.4. The summed E-state index contributed by atoms with van der Waals surface area (Å²) in [5, 5.41) is 17.8. The zero-order valence-electron chi connectivity index (χ0n) is 14.6. The first-order valence-electron chi connectivity index (χ1n) is 8.49. The van der Waals surface area contributed by atoms with Crippen LogP contribution in [-0.4, -0.2) is 19.0 Å². The molecule has 0 aromatic heterocycles.